The number of thiophene rings is 1. The van der Waals surface area contributed by atoms with Crippen LogP contribution in [0.25, 0.3) is 0 Å². The normalized spacial score (nSPS) is 17.3. The average Bonchev–Trinajstić information content (AvgIpc) is 3.15. The van der Waals surface area contributed by atoms with Crippen LogP contribution < -0.4 is 9.47 Å². The maximum absolute atomic E-state index is 12.7. The van der Waals surface area contributed by atoms with Crippen LogP contribution in [0, 0.1) is 0 Å². The summed E-state index contributed by atoms with van der Waals surface area (Å²) in [6.45, 7) is 5.33. The van der Waals surface area contributed by atoms with Crippen molar-refractivity contribution in [1.82, 2.24) is 9.80 Å². The number of piperazine rings is 1. The van der Waals surface area contributed by atoms with Gasteiger partial charge in [-0.15, -0.1) is 11.3 Å². The van der Waals surface area contributed by atoms with Gasteiger partial charge in [0.05, 0.1) is 11.4 Å². The third-order valence-corrected chi connectivity index (χ3v) is 5.84. The van der Waals surface area contributed by atoms with Gasteiger partial charge in [-0.3, -0.25) is 9.69 Å². The Hall–Kier alpha value is -1.76. The minimum absolute atomic E-state index is 0.133. The second-order valence-corrected chi connectivity index (χ2v) is 7.95. The molecule has 2 aliphatic heterocycles. The molecular weight excluding hydrogens is 372 g/mol. The molecule has 1 fully saturated rings. The number of hydrogen-bond acceptors (Lipinski definition) is 5. The Kier molecular flexibility index (Phi) is 5.33. The molecule has 5 nitrogen and oxygen atoms in total. The summed E-state index contributed by atoms with van der Waals surface area (Å²) in [7, 11) is 0. The Balaban J connectivity index is 1.33. The van der Waals surface area contributed by atoms with Crippen molar-refractivity contribution in [1.29, 1.82) is 0 Å². The lowest BCUT2D eigenvalue weighted by Gasteiger charge is -2.34. The van der Waals surface area contributed by atoms with Gasteiger partial charge in [0, 0.05) is 37.6 Å². The Bertz CT molecular complexity index is 773. The van der Waals surface area contributed by atoms with Crippen molar-refractivity contribution in [3.05, 3.63) is 45.1 Å². The number of ether oxygens (including phenoxy) is 2. The fourth-order valence-electron chi connectivity index (χ4n) is 3.33. The van der Waals surface area contributed by atoms with E-state index in [9.17, 15) is 4.79 Å². The molecule has 26 heavy (non-hydrogen) atoms. The number of nitrogens with zero attached hydrogens (tertiary/aromatic N) is 2. The van der Waals surface area contributed by atoms with Crippen LogP contribution in [0.1, 0.15) is 10.4 Å². The van der Waals surface area contributed by atoms with Gasteiger partial charge in [-0.05, 0) is 29.1 Å². The molecule has 0 saturated carbocycles. The van der Waals surface area contributed by atoms with Crippen LogP contribution >= 0.6 is 22.9 Å². The van der Waals surface area contributed by atoms with Crippen LogP contribution in [-0.2, 0) is 17.8 Å². The first-order valence-electron chi connectivity index (χ1n) is 8.79. The first-order valence-corrected chi connectivity index (χ1v) is 10.1. The largest absolute Gasteiger partial charge is 0.486 e. The zero-order chi connectivity index (χ0) is 17.9. The maximum Gasteiger partial charge on any atom is 0.227 e. The molecule has 0 bridgehead atoms. The van der Waals surface area contributed by atoms with Crippen molar-refractivity contribution in [3.63, 3.8) is 0 Å². The highest BCUT2D eigenvalue weighted by Gasteiger charge is 2.23. The average molecular weight is 393 g/mol. The summed E-state index contributed by atoms with van der Waals surface area (Å²) in [6.07, 6.45) is 0.335. The molecule has 138 valence electrons. The van der Waals surface area contributed by atoms with E-state index in [1.165, 1.54) is 4.88 Å². The van der Waals surface area contributed by atoms with Crippen molar-refractivity contribution in [2.45, 2.75) is 13.0 Å². The number of rotatable bonds is 4. The van der Waals surface area contributed by atoms with Gasteiger partial charge in [0.1, 0.15) is 13.2 Å². The van der Waals surface area contributed by atoms with Crippen LogP contribution in [0.4, 0.5) is 0 Å². The van der Waals surface area contributed by atoms with E-state index in [0.29, 0.717) is 36.2 Å². The summed E-state index contributed by atoms with van der Waals surface area (Å²) in [5.74, 6) is 1.34. The SMILES string of the molecule is O=C(Cc1cc(Cl)c2c(c1)OCCO2)N1CCN(Cc2cccs2)CC1. The minimum atomic E-state index is 0.133. The van der Waals surface area contributed by atoms with E-state index >= 15 is 0 Å². The Morgan fingerprint density at radius 2 is 1.96 bits per heavy atom. The standard InChI is InChI=1S/C19H21ClN2O3S/c20-16-10-14(11-17-19(16)25-8-7-24-17)12-18(23)22-5-3-21(4-6-22)13-15-2-1-9-26-15/h1-2,9-11H,3-8,12-13H2. The lowest BCUT2D eigenvalue weighted by atomic mass is 10.1. The van der Waals surface area contributed by atoms with Gasteiger partial charge in [0.15, 0.2) is 11.5 Å². The van der Waals surface area contributed by atoms with Gasteiger partial charge in [0.25, 0.3) is 0 Å². The molecule has 2 aliphatic rings. The van der Waals surface area contributed by atoms with Crippen molar-refractivity contribution < 1.29 is 14.3 Å². The number of carbonyl (C=O) groups excluding carboxylic acids is 1. The van der Waals surface area contributed by atoms with Gasteiger partial charge in [-0.25, -0.2) is 0 Å². The molecule has 2 aromatic rings. The fourth-order valence-corrected chi connectivity index (χ4v) is 4.37. The van der Waals surface area contributed by atoms with Gasteiger partial charge >= 0.3 is 0 Å². The fraction of sp³-hybridized carbons (Fsp3) is 0.421. The number of amides is 1. The highest BCUT2D eigenvalue weighted by Crippen LogP contribution is 2.38. The molecule has 3 heterocycles. The predicted octanol–water partition coefficient (Wildman–Crippen LogP) is 3.06. The van der Waals surface area contributed by atoms with Crippen molar-refractivity contribution in [3.8, 4) is 11.5 Å². The topological polar surface area (TPSA) is 42.0 Å². The first kappa shape index (κ1) is 17.6. The summed E-state index contributed by atoms with van der Waals surface area (Å²) < 4.78 is 11.1. The highest BCUT2D eigenvalue weighted by atomic mass is 35.5. The smallest absolute Gasteiger partial charge is 0.227 e. The van der Waals surface area contributed by atoms with E-state index < -0.39 is 0 Å². The van der Waals surface area contributed by atoms with Crippen LogP contribution in [0.3, 0.4) is 0 Å². The Morgan fingerprint density at radius 1 is 1.15 bits per heavy atom. The molecule has 0 unspecified atom stereocenters. The molecule has 0 radical (unpaired) electrons. The Morgan fingerprint density at radius 3 is 2.73 bits per heavy atom. The summed E-state index contributed by atoms with van der Waals surface area (Å²) >= 11 is 8.05. The third-order valence-electron chi connectivity index (χ3n) is 4.70. The second-order valence-electron chi connectivity index (χ2n) is 6.51. The number of fused-ring (bicyclic) bond motifs is 1. The lowest BCUT2D eigenvalue weighted by molar-refractivity contribution is -0.132. The third kappa shape index (κ3) is 3.98. The number of hydrogen-bond donors (Lipinski definition) is 0. The van der Waals surface area contributed by atoms with E-state index in [1.807, 2.05) is 11.0 Å². The molecule has 7 heteroatoms. The quantitative estimate of drug-likeness (QED) is 0.802. The minimum Gasteiger partial charge on any atom is -0.486 e. The molecule has 0 aliphatic carbocycles. The van der Waals surface area contributed by atoms with Gasteiger partial charge < -0.3 is 14.4 Å². The predicted molar refractivity (Wildman–Crippen MR) is 102 cm³/mol. The van der Waals surface area contributed by atoms with Crippen LogP contribution in [0.5, 0.6) is 11.5 Å². The summed E-state index contributed by atoms with van der Waals surface area (Å²) in [6, 6.07) is 7.91. The van der Waals surface area contributed by atoms with E-state index in [1.54, 1.807) is 17.4 Å². The maximum atomic E-state index is 12.7. The molecule has 4 rings (SSSR count). The highest BCUT2D eigenvalue weighted by molar-refractivity contribution is 7.09. The molecular formula is C19H21ClN2O3S. The molecule has 0 atom stereocenters. The van der Waals surface area contributed by atoms with Crippen molar-refractivity contribution in [2.24, 2.45) is 0 Å². The number of benzene rings is 1. The number of carbonyl (C=O) groups is 1. The molecule has 1 aromatic carbocycles. The van der Waals surface area contributed by atoms with E-state index in [-0.39, 0.29) is 5.91 Å². The summed E-state index contributed by atoms with van der Waals surface area (Å²) in [4.78, 5) is 18.4. The van der Waals surface area contributed by atoms with Gasteiger partial charge in [0.2, 0.25) is 5.91 Å². The molecule has 0 spiro atoms. The van der Waals surface area contributed by atoms with Crippen molar-refractivity contribution >= 4 is 28.8 Å². The van der Waals surface area contributed by atoms with Crippen LogP contribution in [0.2, 0.25) is 5.02 Å². The molecule has 1 aromatic heterocycles. The van der Waals surface area contributed by atoms with E-state index in [4.69, 9.17) is 21.1 Å². The molecule has 1 amide bonds. The summed E-state index contributed by atoms with van der Waals surface area (Å²) in [5.41, 5.74) is 0.866. The molecule has 0 N–H and O–H groups in total. The Labute approximate surface area is 162 Å². The van der Waals surface area contributed by atoms with Crippen LogP contribution in [-0.4, -0.2) is 55.1 Å². The van der Waals surface area contributed by atoms with Crippen molar-refractivity contribution in [2.75, 3.05) is 39.4 Å². The molecule has 1 saturated heterocycles. The zero-order valence-electron chi connectivity index (χ0n) is 14.4. The van der Waals surface area contributed by atoms with Gasteiger partial charge in [-0.1, -0.05) is 17.7 Å². The zero-order valence-corrected chi connectivity index (χ0v) is 16.0. The second kappa shape index (κ2) is 7.86. The van der Waals surface area contributed by atoms with Crippen LogP contribution in [0.15, 0.2) is 29.6 Å². The van der Waals surface area contributed by atoms with E-state index in [2.05, 4.69) is 22.4 Å². The lowest BCUT2D eigenvalue weighted by Crippen LogP contribution is -2.48. The monoisotopic (exact) mass is 392 g/mol. The first-order chi connectivity index (χ1) is 12.7. The van der Waals surface area contributed by atoms with Gasteiger partial charge in [-0.2, -0.15) is 0 Å². The van der Waals surface area contributed by atoms with E-state index in [0.717, 1.165) is 38.3 Å². The summed E-state index contributed by atoms with van der Waals surface area (Å²) in [5, 5.41) is 2.61. The number of halogens is 1.